The van der Waals surface area contributed by atoms with E-state index in [1.807, 2.05) is 12.1 Å². The average molecular weight is 203 g/mol. The van der Waals surface area contributed by atoms with E-state index in [0.29, 0.717) is 6.61 Å². The molecule has 0 amide bonds. The minimum Gasteiger partial charge on any atom is -0.476 e. The predicted octanol–water partition coefficient (Wildman–Crippen LogP) is 3.83. The monoisotopic (exact) mass is 203 g/mol. The van der Waals surface area contributed by atoms with Gasteiger partial charge in [0, 0.05) is 12.0 Å². The second-order valence-electron chi connectivity index (χ2n) is 3.88. The van der Waals surface area contributed by atoms with E-state index in [4.69, 9.17) is 4.74 Å². The van der Waals surface area contributed by atoms with Crippen LogP contribution in [0.25, 0.3) is 0 Å². The lowest BCUT2D eigenvalue weighted by molar-refractivity contribution is 0.276. The molecule has 1 aliphatic heterocycles. The molecule has 80 valence electrons. The average Bonchev–Trinajstić information content (AvgIpc) is 2.29. The van der Waals surface area contributed by atoms with Gasteiger partial charge in [-0.2, -0.15) is 0 Å². The van der Waals surface area contributed by atoms with E-state index in [0.717, 1.165) is 18.0 Å². The summed E-state index contributed by atoms with van der Waals surface area (Å²) in [5.74, 6) is 0.905. The molecule has 1 heterocycles. The van der Waals surface area contributed by atoms with Gasteiger partial charge in [0.2, 0.25) is 0 Å². The Bertz CT molecular complexity index is 357. The van der Waals surface area contributed by atoms with Gasteiger partial charge in [0.05, 0.1) is 5.69 Å². The summed E-state index contributed by atoms with van der Waals surface area (Å²) in [6.45, 7) is 2.89. The van der Waals surface area contributed by atoms with Crippen LogP contribution < -0.4 is 0 Å². The summed E-state index contributed by atoms with van der Waals surface area (Å²) in [6, 6.07) is 8.18. The van der Waals surface area contributed by atoms with Crippen LogP contribution in [0.1, 0.15) is 38.2 Å². The maximum absolute atomic E-state index is 5.60. The molecule has 15 heavy (non-hydrogen) atoms. The van der Waals surface area contributed by atoms with Crippen molar-refractivity contribution in [1.29, 1.82) is 0 Å². The number of nitrogens with zero attached hydrogens (tertiary/aromatic N) is 1. The highest BCUT2D eigenvalue weighted by molar-refractivity contribution is 5.81. The highest BCUT2D eigenvalue weighted by Gasteiger charge is 2.11. The SMILES string of the molecule is CCCCCC1=Nc2ccccc2CO1. The first kappa shape index (κ1) is 10.2. The molecule has 1 aromatic carbocycles. The molecule has 2 heteroatoms. The van der Waals surface area contributed by atoms with Crippen molar-refractivity contribution in [3.63, 3.8) is 0 Å². The lowest BCUT2D eigenvalue weighted by Crippen LogP contribution is -2.09. The van der Waals surface area contributed by atoms with Crippen molar-refractivity contribution >= 4 is 11.6 Å². The molecule has 0 fully saturated rings. The molecule has 1 aliphatic rings. The maximum Gasteiger partial charge on any atom is 0.188 e. The van der Waals surface area contributed by atoms with Crippen molar-refractivity contribution in [2.24, 2.45) is 4.99 Å². The van der Waals surface area contributed by atoms with E-state index < -0.39 is 0 Å². The normalized spacial score (nSPS) is 14.1. The first-order chi connectivity index (χ1) is 7.40. The third-order valence-electron chi connectivity index (χ3n) is 2.63. The Morgan fingerprint density at radius 3 is 3.00 bits per heavy atom. The molecular formula is C13H17NO. The van der Waals surface area contributed by atoms with E-state index in [9.17, 15) is 0 Å². The molecule has 1 aromatic rings. The van der Waals surface area contributed by atoms with Crippen LogP contribution >= 0.6 is 0 Å². The number of para-hydroxylation sites is 1. The van der Waals surface area contributed by atoms with Crippen molar-refractivity contribution in [3.8, 4) is 0 Å². The summed E-state index contributed by atoms with van der Waals surface area (Å²) in [6.07, 6.45) is 4.65. The number of fused-ring (bicyclic) bond motifs is 1. The quantitative estimate of drug-likeness (QED) is 0.681. The molecule has 2 nitrogen and oxygen atoms in total. The summed E-state index contributed by atoms with van der Waals surface area (Å²) in [5, 5.41) is 0. The summed E-state index contributed by atoms with van der Waals surface area (Å²) >= 11 is 0. The van der Waals surface area contributed by atoms with Gasteiger partial charge in [0.1, 0.15) is 6.61 Å². The molecule has 0 bridgehead atoms. The lowest BCUT2D eigenvalue weighted by Gasteiger charge is -2.16. The Morgan fingerprint density at radius 1 is 1.27 bits per heavy atom. The molecule has 0 radical (unpaired) electrons. The Kier molecular flexibility index (Phi) is 3.38. The molecule has 0 atom stereocenters. The fourth-order valence-electron chi connectivity index (χ4n) is 1.72. The Balaban J connectivity index is 2.02. The molecular weight excluding hydrogens is 186 g/mol. The van der Waals surface area contributed by atoms with Crippen LogP contribution in [0.5, 0.6) is 0 Å². The zero-order valence-corrected chi connectivity index (χ0v) is 9.20. The zero-order chi connectivity index (χ0) is 10.5. The highest BCUT2D eigenvalue weighted by Crippen LogP contribution is 2.25. The van der Waals surface area contributed by atoms with Gasteiger partial charge in [-0.1, -0.05) is 38.0 Å². The smallest absolute Gasteiger partial charge is 0.188 e. The number of hydrogen-bond donors (Lipinski definition) is 0. The highest BCUT2D eigenvalue weighted by atomic mass is 16.5. The third-order valence-corrected chi connectivity index (χ3v) is 2.63. The van der Waals surface area contributed by atoms with Crippen LogP contribution in [-0.4, -0.2) is 5.90 Å². The molecule has 0 aromatic heterocycles. The van der Waals surface area contributed by atoms with Crippen LogP contribution in [0.15, 0.2) is 29.3 Å². The number of hydrogen-bond acceptors (Lipinski definition) is 2. The van der Waals surface area contributed by atoms with Crippen molar-refractivity contribution in [2.45, 2.75) is 39.2 Å². The van der Waals surface area contributed by atoms with Crippen LogP contribution in [0, 0.1) is 0 Å². The van der Waals surface area contributed by atoms with Crippen LogP contribution in [0.4, 0.5) is 5.69 Å². The van der Waals surface area contributed by atoms with Crippen molar-refractivity contribution < 1.29 is 4.74 Å². The van der Waals surface area contributed by atoms with Gasteiger partial charge in [-0.05, 0) is 12.5 Å². The zero-order valence-electron chi connectivity index (χ0n) is 9.20. The van der Waals surface area contributed by atoms with E-state index in [1.165, 1.54) is 24.8 Å². The number of ether oxygens (including phenoxy) is 1. The maximum atomic E-state index is 5.60. The van der Waals surface area contributed by atoms with Crippen LogP contribution in [-0.2, 0) is 11.3 Å². The van der Waals surface area contributed by atoms with E-state index in [-0.39, 0.29) is 0 Å². The van der Waals surface area contributed by atoms with Gasteiger partial charge in [0.25, 0.3) is 0 Å². The first-order valence-electron chi connectivity index (χ1n) is 5.68. The van der Waals surface area contributed by atoms with E-state index >= 15 is 0 Å². The second-order valence-corrected chi connectivity index (χ2v) is 3.88. The van der Waals surface area contributed by atoms with Gasteiger partial charge in [-0.25, -0.2) is 4.99 Å². The Morgan fingerprint density at radius 2 is 2.13 bits per heavy atom. The number of unbranched alkanes of at least 4 members (excludes halogenated alkanes) is 2. The van der Waals surface area contributed by atoms with E-state index in [2.05, 4.69) is 24.0 Å². The molecule has 0 aliphatic carbocycles. The summed E-state index contributed by atoms with van der Waals surface area (Å²) < 4.78 is 5.60. The van der Waals surface area contributed by atoms with Crippen molar-refractivity contribution in [3.05, 3.63) is 29.8 Å². The first-order valence-corrected chi connectivity index (χ1v) is 5.68. The summed E-state index contributed by atoms with van der Waals surface area (Å²) in [4.78, 5) is 4.51. The van der Waals surface area contributed by atoms with Crippen LogP contribution in [0.3, 0.4) is 0 Å². The fraction of sp³-hybridized carbons (Fsp3) is 0.462. The predicted molar refractivity (Wildman–Crippen MR) is 62.5 cm³/mol. The third kappa shape index (κ3) is 2.58. The van der Waals surface area contributed by atoms with Crippen LogP contribution in [0.2, 0.25) is 0 Å². The number of aliphatic imine (C=N–C) groups is 1. The van der Waals surface area contributed by atoms with E-state index in [1.54, 1.807) is 0 Å². The molecule has 0 saturated carbocycles. The summed E-state index contributed by atoms with van der Waals surface area (Å²) in [7, 11) is 0. The second kappa shape index (κ2) is 4.96. The summed E-state index contributed by atoms with van der Waals surface area (Å²) in [5.41, 5.74) is 2.27. The van der Waals surface area contributed by atoms with Gasteiger partial charge in [-0.15, -0.1) is 0 Å². The molecule has 0 saturated heterocycles. The van der Waals surface area contributed by atoms with Crippen molar-refractivity contribution in [2.75, 3.05) is 0 Å². The van der Waals surface area contributed by atoms with Crippen molar-refractivity contribution in [1.82, 2.24) is 0 Å². The fourth-order valence-corrected chi connectivity index (χ4v) is 1.72. The Hall–Kier alpha value is -1.31. The topological polar surface area (TPSA) is 21.6 Å². The molecule has 0 spiro atoms. The van der Waals surface area contributed by atoms with Gasteiger partial charge < -0.3 is 4.74 Å². The Labute approximate surface area is 91.0 Å². The number of rotatable bonds is 4. The minimum atomic E-state index is 0.682. The van der Waals surface area contributed by atoms with Gasteiger partial charge in [-0.3, -0.25) is 0 Å². The molecule has 2 rings (SSSR count). The number of benzene rings is 1. The molecule has 0 N–H and O–H groups in total. The molecule has 0 unspecified atom stereocenters. The minimum absolute atomic E-state index is 0.682. The largest absolute Gasteiger partial charge is 0.476 e. The van der Waals surface area contributed by atoms with Gasteiger partial charge >= 0.3 is 0 Å². The standard InChI is InChI=1S/C13H17NO/c1-2-3-4-9-13-14-12-8-6-5-7-11(12)10-15-13/h5-8H,2-4,9-10H2,1H3. The van der Waals surface area contributed by atoms with Gasteiger partial charge in [0.15, 0.2) is 5.90 Å². The lowest BCUT2D eigenvalue weighted by atomic mass is 10.1.